The van der Waals surface area contributed by atoms with Crippen molar-refractivity contribution in [2.75, 3.05) is 0 Å². The van der Waals surface area contributed by atoms with E-state index in [1.807, 2.05) is 0 Å². The van der Waals surface area contributed by atoms with Crippen LogP contribution in [0, 0.1) is 6.08 Å². The van der Waals surface area contributed by atoms with Gasteiger partial charge in [0.25, 0.3) is 0 Å². The van der Waals surface area contributed by atoms with E-state index in [4.69, 9.17) is 0 Å². The van der Waals surface area contributed by atoms with Crippen LogP contribution in [0.2, 0.25) is 0 Å². The first kappa shape index (κ1) is 5.40. The number of allylic oxidation sites excluding steroid dienone is 2. The summed E-state index contributed by atoms with van der Waals surface area (Å²) in [6, 6.07) is 0. The zero-order valence-electron chi connectivity index (χ0n) is 2.81. The zero-order valence-corrected chi connectivity index (χ0v) is 4.36. The van der Waals surface area contributed by atoms with E-state index in [-0.39, 0.29) is 20.4 Å². The van der Waals surface area contributed by atoms with Crippen molar-refractivity contribution >= 4 is 0 Å². The quantitative estimate of drug-likeness (QED) is 0.367. The number of hydrogen-bond acceptors (Lipinski definition) is 0. The van der Waals surface area contributed by atoms with Crippen LogP contribution in [0.5, 0.6) is 0 Å². The second-order valence-corrected chi connectivity index (χ2v) is 0.947. The minimum absolute atomic E-state index is 0. The van der Waals surface area contributed by atoms with Gasteiger partial charge in [0.2, 0.25) is 0 Å². The Bertz CT molecular complexity index is 32.9. The van der Waals surface area contributed by atoms with Crippen LogP contribution in [0.3, 0.4) is 0 Å². The van der Waals surface area contributed by atoms with Crippen molar-refractivity contribution in [3.8, 4) is 0 Å². The van der Waals surface area contributed by atoms with Gasteiger partial charge in [0, 0.05) is 20.4 Å². The molecule has 0 unspecified atom stereocenters. The van der Waals surface area contributed by atoms with Gasteiger partial charge in [-0.05, 0) is 0 Å². The van der Waals surface area contributed by atoms with Crippen molar-refractivity contribution in [3.05, 3.63) is 12.2 Å². The minimum Gasteiger partial charge on any atom is -0.500 e. The molecule has 0 saturated carbocycles. The zero-order chi connectivity index (χ0) is 2.83. The van der Waals surface area contributed by atoms with E-state index in [2.05, 4.69) is 12.2 Å². The molecular weight excluding hydrogens is 154 g/mol. The molecule has 0 radical (unpaired) electrons. The van der Waals surface area contributed by atoms with Gasteiger partial charge in [0.15, 0.2) is 0 Å². The molecule has 1 rings (SSSR count). The van der Waals surface area contributed by atoms with Gasteiger partial charge in [0.05, 0.1) is 0 Å². The molecule has 0 spiro atoms. The average Bonchev–Trinajstić information content (AvgIpc) is 0.722. The molecule has 0 atom stereocenters. The van der Waals surface area contributed by atoms with Crippen LogP contribution in [0.1, 0.15) is 12.8 Å². The smallest absolute Gasteiger partial charge is 0 e. The maximum absolute atomic E-state index is 2.99. The third-order valence-electron chi connectivity index (χ3n) is 0.577. The molecule has 0 fully saturated rings. The van der Waals surface area contributed by atoms with Crippen LogP contribution >= 0.6 is 0 Å². The van der Waals surface area contributed by atoms with Gasteiger partial charge in [-0.15, -0.1) is 0 Å². The predicted molar refractivity (Wildman–Crippen MR) is 17.0 cm³/mol. The Balaban J connectivity index is 0.000000160. The molecule has 0 N–H and O–H groups in total. The molecule has 1 heteroatoms. The van der Waals surface area contributed by atoms with Crippen LogP contribution < -0.4 is 0 Å². The molecule has 1 aliphatic carbocycles. The molecule has 0 amide bonds. The molecule has 0 saturated heterocycles. The van der Waals surface area contributed by atoms with Gasteiger partial charge in [-0.1, -0.05) is 6.42 Å². The van der Waals surface area contributed by atoms with Gasteiger partial charge in [-0.2, -0.15) is 6.42 Å². The summed E-state index contributed by atoms with van der Waals surface area (Å²) in [5, 5.41) is 0. The largest absolute Gasteiger partial charge is 0.500 e. The molecule has 0 aromatic heterocycles. The van der Waals surface area contributed by atoms with Crippen LogP contribution in [0.4, 0.5) is 0 Å². The molecule has 5 heavy (non-hydrogen) atoms. The van der Waals surface area contributed by atoms with Gasteiger partial charge in [-0.3, -0.25) is 6.08 Å². The van der Waals surface area contributed by atoms with Crippen LogP contribution in [-0.4, -0.2) is 0 Å². The maximum atomic E-state index is 2.99. The van der Waals surface area contributed by atoms with E-state index in [0.29, 0.717) is 0 Å². The Hall–Kier alpha value is 0.402. The molecule has 0 aliphatic heterocycles. The second-order valence-electron chi connectivity index (χ2n) is 0.947. The van der Waals surface area contributed by atoms with Crippen molar-refractivity contribution in [1.82, 2.24) is 0 Å². The Morgan fingerprint density at radius 1 is 1.60 bits per heavy atom. The molecule has 0 bridgehead atoms. The fourth-order valence-electron chi connectivity index (χ4n) is 0.144. The van der Waals surface area contributed by atoms with Crippen molar-refractivity contribution in [3.63, 3.8) is 0 Å². The topological polar surface area (TPSA) is 0 Å². The van der Waals surface area contributed by atoms with E-state index in [1.165, 1.54) is 12.8 Å². The minimum atomic E-state index is 0. The molecule has 0 nitrogen and oxygen atoms in total. The van der Waals surface area contributed by atoms with Gasteiger partial charge >= 0.3 is 0 Å². The molecule has 0 heterocycles. The maximum Gasteiger partial charge on any atom is 0 e. The normalized spacial score (nSPS) is 16.0. The van der Waals surface area contributed by atoms with Gasteiger partial charge < -0.3 is 6.08 Å². The first-order valence-corrected chi connectivity index (χ1v) is 1.55. The second kappa shape index (κ2) is 2.63. The standard InChI is InChI=1S/C4H5.Pd/c1-2-4-3-1;/h1H,2,4H2;/q-1;. The van der Waals surface area contributed by atoms with Crippen LogP contribution in [-0.2, 0) is 20.4 Å². The summed E-state index contributed by atoms with van der Waals surface area (Å²) < 4.78 is 0. The molecule has 0 aromatic rings. The number of hydrogen-bond donors (Lipinski definition) is 0. The first-order chi connectivity index (χ1) is 2.00. The average molecular weight is 160 g/mol. The summed E-state index contributed by atoms with van der Waals surface area (Å²) in [4.78, 5) is 0. The van der Waals surface area contributed by atoms with Crippen molar-refractivity contribution < 1.29 is 20.4 Å². The fourth-order valence-corrected chi connectivity index (χ4v) is 0.144. The number of rotatable bonds is 0. The Kier molecular flexibility index (Phi) is 2.84. The van der Waals surface area contributed by atoms with E-state index >= 15 is 0 Å². The Labute approximate surface area is 45.9 Å². The molecule has 0 aromatic carbocycles. The third kappa shape index (κ3) is 1.31. The van der Waals surface area contributed by atoms with E-state index in [9.17, 15) is 0 Å². The first-order valence-electron chi connectivity index (χ1n) is 1.55. The van der Waals surface area contributed by atoms with E-state index in [0.717, 1.165) is 0 Å². The molecular formula is C4H5Pd-. The summed E-state index contributed by atoms with van der Waals surface area (Å²) in [6.07, 6.45) is 7.50. The van der Waals surface area contributed by atoms with Crippen LogP contribution in [0.15, 0.2) is 6.08 Å². The molecule has 1 aliphatic rings. The molecule has 32 valence electrons. The summed E-state index contributed by atoms with van der Waals surface area (Å²) in [5.41, 5.74) is 0. The third-order valence-corrected chi connectivity index (χ3v) is 0.577. The summed E-state index contributed by atoms with van der Waals surface area (Å²) >= 11 is 0. The van der Waals surface area contributed by atoms with Crippen molar-refractivity contribution in [2.24, 2.45) is 0 Å². The predicted octanol–water partition coefficient (Wildman–Crippen LogP) is 1.14. The monoisotopic (exact) mass is 159 g/mol. The summed E-state index contributed by atoms with van der Waals surface area (Å²) in [6.45, 7) is 0. The van der Waals surface area contributed by atoms with Crippen molar-refractivity contribution in [1.29, 1.82) is 0 Å². The van der Waals surface area contributed by atoms with Gasteiger partial charge in [-0.25, -0.2) is 0 Å². The van der Waals surface area contributed by atoms with Crippen LogP contribution in [0.25, 0.3) is 0 Å². The Morgan fingerprint density at radius 2 is 1.80 bits per heavy atom. The Morgan fingerprint density at radius 3 is 1.80 bits per heavy atom. The SMILES string of the molecule is [C-]1=CCC1.[Pd]. The van der Waals surface area contributed by atoms with E-state index in [1.54, 1.807) is 0 Å². The fraction of sp³-hybridized carbons (Fsp3) is 0.500. The summed E-state index contributed by atoms with van der Waals surface area (Å²) in [5.74, 6) is 0. The van der Waals surface area contributed by atoms with Gasteiger partial charge in [0.1, 0.15) is 0 Å². The van der Waals surface area contributed by atoms with E-state index < -0.39 is 0 Å². The van der Waals surface area contributed by atoms with Crippen molar-refractivity contribution in [2.45, 2.75) is 12.8 Å². The summed E-state index contributed by atoms with van der Waals surface area (Å²) in [7, 11) is 0.